The Morgan fingerprint density at radius 2 is 1.68 bits per heavy atom. The first-order valence-corrected chi connectivity index (χ1v) is 8.05. The van der Waals surface area contributed by atoms with Gasteiger partial charge in [-0.2, -0.15) is 0 Å². The van der Waals surface area contributed by atoms with Crippen LogP contribution in [-0.4, -0.2) is 18.5 Å². The van der Waals surface area contributed by atoms with E-state index >= 15 is 0 Å². The van der Waals surface area contributed by atoms with Crippen molar-refractivity contribution in [2.24, 2.45) is 5.41 Å². The van der Waals surface area contributed by atoms with E-state index in [2.05, 4.69) is 0 Å². The highest BCUT2D eigenvalue weighted by molar-refractivity contribution is 6.00. The molecule has 0 radical (unpaired) electrons. The van der Waals surface area contributed by atoms with Crippen LogP contribution in [0, 0.1) is 5.41 Å². The van der Waals surface area contributed by atoms with E-state index in [1.165, 1.54) is 0 Å². The van der Waals surface area contributed by atoms with E-state index < -0.39 is 17.4 Å². The molecular weight excluding hydrogens is 280 g/mol. The Morgan fingerprint density at radius 1 is 1.00 bits per heavy atom. The number of unbranched alkanes of at least 4 members (excludes halogenated alkanes) is 1. The molecule has 4 nitrogen and oxygen atoms in total. The van der Waals surface area contributed by atoms with Crippen LogP contribution >= 0.6 is 0 Å². The molecule has 1 aromatic carbocycles. The summed E-state index contributed by atoms with van der Waals surface area (Å²) >= 11 is 0. The predicted octanol–water partition coefficient (Wildman–Crippen LogP) is 4.13. The Hall–Kier alpha value is -1.84. The third-order valence-electron chi connectivity index (χ3n) is 3.73. The maximum Gasteiger partial charge on any atom is 0.328 e. The largest absolute Gasteiger partial charge is 0.465 e. The summed E-state index contributed by atoms with van der Waals surface area (Å²) < 4.78 is 10.7. The molecule has 0 aliphatic heterocycles. The molecule has 0 aliphatic rings. The van der Waals surface area contributed by atoms with Crippen LogP contribution in [0.2, 0.25) is 0 Å². The number of ether oxygens (including phenoxy) is 2. The number of hydrogen-bond acceptors (Lipinski definition) is 4. The maximum absolute atomic E-state index is 12.7. The molecule has 0 N–H and O–H groups in total. The van der Waals surface area contributed by atoms with Gasteiger partial charge in [-0.1, -0.05) is 51.8 Å². The molecular formula is C18H26O4. The minimum absolute atomic E-state index is 0.325. The number of carbonyl (C=O) groups excluding carboxylic acids is 2. The molecule has 0 saturated carbocycles. The summed E-state index contributed by atoms with van der Waals surface area (Å²) in [4.78, 5) is 25.1. The zero-order chi connectivity index (χ0) is 16.4. The predicted molar refractivity (Wildman–Crippen MR) is 85.6 cm³/mol. The second kappa shape index (κ2) is 9.23. The summed E-state index contributed by atoms with van der Waals surface area (Å²) in [5.74, 6) is -0.535. The van der Waals surface area contributed by atoms with E-state index in [4.69, 9.17) is 9.47 Å². The molecule has 1 atom stereocenters. The van der Waals surface area contributed by atoms with Crippen LogP contribution in [0.3, 0.4) is 0 Å². The van der Waals surface area contributed by atoms with E-state index in [9.17, 15) is 9.59 Å². The number of para-hydroxylation sites is 1. The summed E-state index contributed by atoms with van der Waals surface area (Å²) in [5.41, 5.74) is -1.21. The molecule has 0 bridgehead atoms. The van der Waals surface area contributed by atoms with E-state index in [1.54, 1.807) is 24.3 Å². The highest BCUT2D eigenvalue weighted by atomic mass is 16.6. The van der Waals surface area contributed by atoms with Crippen molar-refractivity contribution in [3.8, 4) is 5.75 Å². The lowest BCUT2D eigenvalue weighted by Crippen LogP contribution is -2.43. The molecule has 122 valence electrons. The lowest BCUT2D eigenvalue weighted by Gasteiger charge is -2.28. The van der Waals surface area contributed by atoms with Crippen LogP contribution < -0.4 is 4.74 Å². The highest BCUT2D eigenvalue weighted by Gasteiger charge is 2.47. The van der Waals surface area contributed by atoms with Gasteiger partial charge in [0.25, 0.3) is 0 Å². The van der Waals surface area contributed by atoms with Gasteiger partial charge < -0.3 is 9.47 Å². The lowest BCUT2D eigenvalue weighted by molar-refractivity contribution is -0.168. The fourth-order valence-corrected chi connectivity index (χ4v) is 2.26. The second-order valence-electron chi connectivity index (χ2n) is 5.38. The van der Waals surface area contributed by atoms with E-state index in [-0.39, 0.29) is 0 Å². The van der Waals surface area contributed by atoms with Gasteiger partial charge in [-0.25, -0.2) is 0 Å². The van der Waals surface area contributed by atoms with Crippen LogP contribution in [0.15, 0.2) is 30.3 Å². The summed E-state index contributed by atoms with van der Waals surface area (Å²) in [7, 11) is 0. The van der Waals surface area contributed by atoms with Crippen LogP contribution in [0.1, 0.15) is 52.9 Å². The fourth-order valence-electron chi connectivity index (χ4n) is 2.26. The summed E-state index contributed by atoms with van der Waals surface area (Å²) in [5, 5.41) is 0. The van der Waals surface area contributed by atoms with Crippen molar-refractivity contribution in [1.82, 2.24) is 0 Å². The number of benzene rings is 1. The van der Waals surface area contributed by atoms with Gasteiger partial charge in [0.2, 0.25) is 0 Å². The van der Waals surface area contributed by atoms with Crippen molar-refractivity contribution in [3.63, 3.8) is 0 Å². The van der Waals surface area contributed by atoms with Gasteiger partial charge in [0, 0.05) is 0 Å². The van der Waals surface area contributed by atoms with Crippen LogP contribution in [0.4, 0.5) is 0 Å². The van der Waals surface area contributed by atoms with Gasteiger partial charge in [0.05, 0.1) is 6.61 Å². The molecule has 1 aromatic rings. The molecule has 0 spiro atoms. The zero-order valence-electron chi connectivity index (χ0n) is 13.8. The summed E-state index contributed by atoms with van der Waals surface area (Å²) in [6.07, 6.45) is 3.24. The monoisotopic (exact) mass is 306 g/mol. The molecule has 0 heterocycles. The highest BCUT2D eigenvalue weighted by Crippen LogP contribution is 2.33. The van der Waals surface area contributed by atoms with Crippen molar-refractivity contribution in [3.05, 3.63) is 30.3 Å². The van der Waals surface area contributed by atoms with Crippen LogP contribution in [-0.2, 0) is 14.3 Å². The average Bonchev–Trinajstić information content (AvgIpc) is 2.54. The molecule has 0 aliphatic carbocycles. The van der Waals surface area contributed by atoms with Gasteiger partial charge in [-0.15, -0.1) is 0 Å². The molecule has 1 unspecified atom stereocenters. The number of rotatable bonds is 9. The van der Waals surface area contributed by atoms with Gasteiger partial charge >= 0.3 is 11.9 Å². The minimum Gasteiger partial charge on any atom is -0.465 e. The van der Waals surface area contributed by atoms with Crippen LogP contribution in [0.5, 0.6) is 5.75 Å². The Kier molecular flexibility index (Phi) is 7.64. The zero-order valence-corrected chi connectivity index (χ0v) is 13.8. The Bertz CT molecular complexity index is 469. The van der Waals surface area contributed by atoms with Gasteiger partial charge in [-0.3, -0.25) is 9.59 Å². The molecule has 0 aromatic heterocycles. The molecule has 0 fully saturated rings. The van der Waals surface area contributed by atoms with Crippen molar-refractivity contribution in [2.75, 3.05) is 6.61 Å². The van der Waals surface area contributed by atoms with Crippen molar-refractivity contribution < 1.29 is 19.1 Å². The quantitative estimate of drug-likeness (QED) is 0.391. The van der Waals surface area contributed by atoms with Crippen molar-refractivity contribution in [1.29, 1.82) is 0 Å². The van der Waals surface area contributed by atoms with Gasteiger partial charge in [0.15, 0.2) is 5.41 Å². The Labute approximate surface area is 132 Å². The van der Waals surface area contributed by atoms with E-state index in [0.717, 1.165) is 19.3 Å². The minimum atomic E-state index is -1.21. The van der Waals surface area contributed by atoms with Crippen molar-refractivity contribution in [2.45, 2.75) is 52.9 Å². The fraction of sp³-hybridized carbons (Fsp3) is 0.556. The normalized spacial score (nSPS) is 13.2. The standard InChI is InChI=1S/C18H26O4/c1-4-7-13-18(6-3,16(19)21-14-5-2)17(20)22-15-11-9-8-10-12-15/h8-12H,4-7,13-14H2,1-3H3. The third kappa shape index (κ3) is 4.58. The average molecular weight is 306 g/mol. The maximum atomic E-state index is 12.7. The van der Waals surface area contributed by atoms with E-state index in [0.29, 0.717) is 25.2 Å². The van der Waals surface area contributed by atoms with Gasteiger partial charge in [-0.05, 0) is 31.4 Å². The molecule has 4 heteroatoms. The first kappa shape index (κ1) is 18.2. The SMILES string of the molecule is CCCCC(CC)(C(=O)OCCC)C(=O)Oc1ccccc1. The second-order valence-corrected chi connectivity index (χ2v) is 5.38. The first-order valence-electron chi connectivity index (χ1n) is 8.05. The van der Waals surface area contributed by atoms with Crippen molar-refractivity contribution >= 4 is 11.9 Å². The Balaban J connectivity index is 2.96. The number of carbonyl (C=O) groups is 2. The smallest absolute Gasteiger partial charge is 0.328 e. The topological polar surface area (TPSA) is 52.6 Å². The third-order valence-corrected chi connectivity index (χ3v) is 3.73. The molecule has 0 amide bonds. The van der Waals surface area contributed by atoms with Crippen LogP contribution in [0.25, 0.3) is 0 Å². The lowest BCUT2D eigenvalue weighted by atomic mass is 9.80. The molecule has 22 heavy (non-hydrogen) atoms. The summed E-state index contributed by atoms with van der Waals surface area (Å²) in [6, 6.07) is 8.83. The Morgan fingerprint density at radius 3 is 2.23 bits per heavy atom. The number of hydrogen-bond donors (Lipinski definition) is 0. The van der Waals surface area contributed by atoms with E-state index in [1.807, 2.05) is 26.8 Å². The first-order chi connectivity index (χ1) is 10.6. The molecule has 1 rings (SSSR count). The number of esters is 2. The van der Waals surface area contributed by atoms with Gasteiger partial charge in [0.1, 0.15) is 5.75 Å². The summed E-state index contributed by atoms with van der Waals surface area (Å²) in [6.45, 7) is 6.11. The molecule has 0 saturated heterocycles.